The van der Waals surface area contributed by atoms with Crippen LogP contribution < -0.4 is 4.90 Å². The Morgan fingerprint density at radius 1 is 1.00 bits per heavy atom. The highest BCUT2D eigenvalue weighted by Crippen LogP contribution is 2.32. The van der Waals surface area contributed by atoms with Gasteiger partial charge in [0.15, 0.2) is 9.84 Å². The minimum atomic E-state index is -3.60. The van der Waals surface area contributed by atoms with Crippen LogP contribution in [0.1, 0.15) is 44.1 Å². The summed E-state index contributed by atoms with van der Waals surface area (Å²) in [5, 5.41) is -1.68. The summed E-state index contributed by atoms with van der Waals surface area (Å²) >= 11 is 0. The van der Waals surface area contributed by atoms with Crippen LogP contribution in [0, 0.1) is 6.92 Å². The summed E-state index contributed by atoms with van der Waals surface area (Å²) in [6.45, 7) is 1.91. The summed E-state index contributed by atoms with van der Waals surface area (Å²) in [4.78, 5) is 25.9. The van der Waals surface area contributed by atoms with E-state index in [1.54, 1.807) is 24.3 Å². The summed E-state index contributed by atoms with van der Waals surface area (Å²) in [7, 11) is -3.60. The number of nitrogens with zero attached hydrogens (tertiary/aromatic N) is 1. The molecular formula is C17H21NO4S. The third-order valence-electron chi connectivity index (χ3n) is 4.81. The number of carbonyl (C=O) groups is 2. The Morgan fingerprint density at radius 2 is 1.61 bits per heavy atom. The number of hydrogen-bond acceptors (Lipinski definition) is 4. The third kappa shape index (κ3) is 2.92. The zero-order chi connectivity index (χ0) is 16.6. The van der Waals surface area contributed by atoms with Crippen LogP contribution in [-0.4, -0.2) is 30.7 Å². The van der Waals surface area contributed by atoms with Gasteiger partial charge in [0.1, 0.15) is 5.25 Å². The molecule has 124 valence electrons. The maximum atomic E-state index is 12.8. The van der Waals surface area contributed by atoms with Crippen molar-refractivity contribution in [3.05, 3.63) is 29.8 Å². The van der Waals surface area contributed by atoms with E-state index in [-0.39, 0.29) is 6.42 Å². The number of imide groups is 1. The van der Waals surface area contributed by atoms with E-state index in [0.29, 0.717) is 18.5 Å². The number of sulfone groups is 1. The van der Waals surface area contributed by atoms with Crippen LogP contribution in [0.4, 0.5) is 5.69 Å². The van der Waals surface area contributed by atoms with E-state index in [2.05, 4.69) is 0 Å². The fourth-order valence-corrected chi connectivity index (χ4v) is 5.67. The zero-order valence-electron chi connectivity index (χ0n) is 13.2. The van der Waals surface area contributed by atoms with Gasteiger partial charge in [-0.15, -0.1) is 0 Å². The molecule has 23 heavy (non-hydrogen) atoms. The molecule has 0 N–H and O–H groups in total. The maximum Gasteiger partial charge on any atom is 0.252 e. The van der Waals surface area contributed by atoms with Crippen molar-refractivity contribution in [1.82, 2.24) is 0 Å². The number of hydrogen-bond donors (Lipinski definition) is 0. The van der Waals surface area contributed by atoms with Crippen molar-refractivity contribution in [2.24, 2.45) is 0 Å². The van der Waals surface area contributed by atoms with E-state index in [1.807, 2.05) is 6.92 Å². The van der Waals surface area contributed by atoms with Gasteiger partial charge in [0.2, 0.25) is 5.91 Å². The van der Waals surface area contributed by atoms with E-state index >= 15 is 0 Å². The molecule has 3 rings (SSSR count). The predicted molar refractivity (Wildman–Crippen MR) is 87.9 cm³/mol. The van der Waals surface area contributed by atoms with E-state index < -0.39 is 32.2 Å². The van der Waals surface area contributed by atoms with Gasteiger partial charge in [-0.1, -0.05) is 37.0 Å². The number of aryl methyl sites for hydroxylation is 1. The van der Waals surface area contributed by atoms with Crippen LogP contribution in [0.25, 0.3) is 0 Å². The van der Waals surface area contributed by atoms with Crippen LogP contribution in [0.5, 0.6) is 0 Å². The van der Waals surface area contributed by atoms with Gasteiger partial charge >= 0.3 is 0 Å². The van der Waals surface area contributed by atoms with Gasteiger partial charge in [-0.25, -0.2) is 13.3 Å². The van der Waals surface area contributed by atoms with E-state index in [0.717, 1.165) is 29.7 Å². The first-order valence-corrected chi connectivity index (χ1v) is 9.68. The molecule has 1 saturated heterocycles. The molecule has 1 unspecified atom stereocenters. The second kappa shape index (κ2) is 6.07. The van der Waals surface area contributed by atoms with Crippen molar-refractivity contribution in [1.29, 1.82) is 0 Å². The van der Waals surface area contributed by atoms with Gasteiger partial charge in [-0.05, 0) is 31.9 Å². The van der Waals surface area contributed by atoms with E-state index in [1.165, 1.54) is 0 Å². The topological polar surface area (TPSA) is 71.5 Å². The Kier molecular flexibility index (Phi) is 4.27. The Bertz CT molecular complexity index is 717. The van der Waals surface area contributed by atoms with E-state index in [9.17, 15) is 18.0 Å². The summed E-state index contributed by atoms with van der Waals surface area (Å²) in [5.41, 5.74) is 1.46. The van der Waals surface area contributed by atoms with Crippen molar-refractivity contribution in [2.45, 2.75) is 55.9 Å². The van der Waals surface area contributed by atoms with Gasteiger partial charge in [-0.2, -0.15) is 0 Å². The number of anilines is 1. The number of amides is 2. The van der Waals surface area contributed by atoms with Gasteiger partial charge in [0.05, 0.1) is 17.4 Å². The van der Waals surface area contributed by atoms with Crippen LogP contribution in [0.2, 0.25) is 0 Å². The first-order chi connectivity index (χ1) is 10.9. The number of carbonyl (C=O) groups excluding carboxylic acids is 2. The molecule has 5 nitrogen and oxygen atoms in total. The summed E-state index contributed by atoms with van der Waals surface area (Å²) in [5.74, 6) is -1.02. The Labute approximate surface area is 136 Å². The fraction of sp³-hybridized carbons (Fsp3) is 0.529. The molecule has 1 aliphatic heterocycles. The van der Waals surface area contributed by atoms with Crippen LogP contribution in [0.3, 0.4) is 0 Å². The highest BCUT2D eigenvalue weighted by Gasteiger charge is 2.49. The van der Waals surface area contributed by atoms with Crippen molar-refractivity contribution < 1.29 is 18.0 Å². The fourth-order valence-electron chi connectivity index (χ4n) is 3.45. The lowest BCUT2D eigenvalue weighted by Crippen LogP contribution is -2.40. The van der Waals surface area contributed by atoms with Gasteiger partial charge in [0, 0.05) is 0 Å². The lowest BCUT2D eigenvalue weighted by atomic mass is 10.0. The van der Waals surface area contributed by atoms with Gasteiger partial charge in [-0.3, -0.25) is 9.59 Å². The Balaban J connectivity index is 1.87. The van der Waals surface area contributed by atoms with E-state index in [4.69, 9.17) is 0 Å². The minimum Gasteiger partial charge on any atom is -0.274 e. The molecule has 0 spiro atoms. The summed E-state index contributed by atoms with van der Waals surface area (Å²) < 4.78 is 25.6. The van der Waals surface area contributed by atoms with Gasteiger partial charge in [0.25, 0.3) is 5.91 Å². The molecule has 6 heteroatoms. The van der Waals surface area contributed by atoms with Crippen molar-refractivity contribution >= 4 is 27.3 Å². The Hall–Kier alpha value is -1.69. The smallest absolute Gasteiger partial charge is 0.252 e. The molecule has 2 amide bonds. The van der Waals surface area contributed by atoms with Gasteiger partial charge < -0.3 is 0 Å². The SMILES string of the molecule is Cc1ccc(N2C(=O)CC(S(=O)(=O)C3CCCCC3)C2=O)cc1. The Morgan fingerprint density at radius 3 is 2.22 bits per heavy atom. The van der Waals surface area contributed by atoms with Crippen molar-refractivity contribution in [2.75, 3.05) is 4.90 Å². The molecule has 1 aromatic rings. The lowest BCUT2D eigenvalue weighted by Gasteiger charge is -2.24. The molecule has 1 saturated carbocycles. The lowest BCUT2D eigenvalue weighted by molar-refractivity contribution is -0.121. The summed E-state index contributed by atoms with van der Waals surface area (Å²) in [6, 6.07) is 6.97. The molecule has 2 fully saturated rings. The molecule has 0 radical (unpaired) electrons. The zero-order valence-corrected chi connectivity index (χ0v) is 14.0. The third-order valence-corrected chi connectivity index (χ3v) is 7.37. The molecule has 2 aliphatic rings. The first kappa shape index (κ1) is 16.2. The highest BCUT2D eigenvalue weighted by atomic mass is 32.2. The monoisotopic (exact) mass is 335 g/mol. The molecule has 0 bridgehead atoms. The molecule has 1 atom stereocenters. The maximum absolute atomic E-state index is 12.8. The molecule has 1 heterocycles. The molecular weight excluding hydrogens is 314 g/mol. The minimum absolute atomic E-state index is 0.231. The standard InChI is InChI=1S/C17H21NO4S/c1-12-7-9-13(10-8-12)18-16(19)11-15(17(18)20)23(21,22)14-5-3-2-4-6-14/h7-10,14-15H,2-6,11H2,1H3. The van der Waals surface area contributed by atoms with Crippen LogP contribution in [-0.2, 0) is 19.4 Å². The summed E-state index contributed by atoms with van der Waals surface area (Å²) in [6.07, 6.45) is 3.77. The van der Waals surface area contributed by atoms with Crippen LogP contribution >= 0.6 is 0 Å². The van der Waals surface area contributed by atoms with Crippen molar-refractivity contribution in [3.63, 3.8) is 0 Å². The average molecular weight is 335 g/mol. The second-order valence-corrected chi connectivity index (χ2v) is 8.86. The molecule has 0 aromatic heterocycles. The number of benzene rings is 1. The van der Waals surface area contributed by atoms with Crippen LogP contribution in [0.15, 0.2) is 24.3 Å². The quantitative estimate of drug-likeness (QED) is 0.795. The van der Waals surface area contributed by atoms with Crippen molar-refractivity contribution in [3.8, 4) is 0 Å². The predicted octanol–water partition coefficient (Wildman–Crippen LogP) is 2.37. The second-order valence-electron chi connectivity index (χ2n) is 6.44. The number of rotatable bonds is 3. The highest BCUT2D eigenvalue weighted by molar-refractivity contribution is 7.93. The molecule has 1 aliphatic carbocycles. The molecule has 1 aromatic carbocycles. The largest absolute Gasteiger partial charge is 0.274 e. The first-order valence-electron chi connectivity index (χ1n) is 8.07. The average Bonchev–Trinajstić information content (AvgIpc) is 2.85. The normalized spacial score (nSPS) is 23.5.